The van der Waals surface area contributed by atoms with E-state index in [4.69, 9.17) is 9.47 Å². The van der Waals surface area contributed by atoms with Crippen molar-refractivity contribution in [2.75, 3.05) is 6.61 Å². The number of rotatable bonds is 2. The Bertz CT molecular complexity index is 427. The molecule has 1 aliphatic heterocycles. The summed E-state index contributed by atoms with van der Waals surface area (Å²) in [5.74, 6) is -0.241. The zero-order valence-corrected chi connectivity index (χ0v) is 8.53. The fraction of sp³-hybridized carbons (Fsp3) is 0.417. The van der Waals surface area contributed by atoms with Crippen LogP contribution in [0.1, 0.15) is 24.2 Å². The second-order valence-electron chi connectivity index (χ2n) is 4.22. The van der Waals surface area contributed by atoms with Gasteiger partial charge < -0.3 is 9.47 Å². The number of hydrogen-bond acceptors (Lipinski definition) is 3. The van der Waals surface area contributed by atoms with Gasteiger partial charge in [-0.3, -0.25) is 4.79 Å². The number of ether oxygens (including phenoxy) is 2. The van der Waals surface area contributed by atoms with E-state index < -0.39 is 0 Å². The van der Waals surface area contributed by atoms with E-state index in [1.165, 1.54) is 18.1 Å². The molecule has 2 aliphatic rings. The molecule has 3 rings (SSSR count). The van der Waals surface area contributed by atoms with Crippen molar-refractivity contribution < 1.29 is 14.3 Å². The van der Waals surface area contributed by atoms with E-state index in [2.05, 4.69) is 12.1 Å². The topological polar surface area (TPSA) is 38.8 Å². The molecule has 1 fully saturated rings. The number of hydrogen-bond donors (Lipinski definition) is 0. The van der Waals surface area contributed by atoms with E-state index in [0.717, 1.165) is 6.42 Å². The molecular weight excluding hydrogens is 192 g/mol. The molecular formula is C12H12O3. The maximum atomic E-state index is 10.8. The van der Waals surface area contributed by atoms with Gasteiger partial charge >= 0.3 is 5.97 Å². The van der Waals surface area contributed by atoms with Crippen molar-refractivity contribution in [1.82, 2.24) is 0 Å². The van der Waals surface area contributed by atoms with Crippen LogP contribution >= 0.6 is 0 Å². The smallest absolute Gasteiger partial charge is 0.302 e. The molecule has 3 nitrogen and oxygen atoms in total. The Hall–Kier alpha value is -1.35. The van der Waals surface area contributed by atoms with Crippen molar-refractivity contribution in [2.45, 2.75) is 25.0 Å². The molecule has 0 radical (unpaired) electrons. The molecule has 0 amide bonds. The highest BCUT2D eigenvalue weighted by Crippen LogP contribution is 2.58. The lowest BCUT2D eigenvalue weighted by molar-refractivity contribution is -0.142. The Morgan fingerprint density at radius 1 is 1.60 bits per heavy atom. The average molecular weight is 204 g/mol. The van der Waals surface area contributed by atoms with Gasteiger partial charge in [0.1, 0.15) is 18.3 Å². The van der Waals surface area contributed by atoms with E-state index >= 15 is 0 Å². The minimum absolute atomic E-state index is 0.146. The number of esters is 1. The summed E-state index contributed by atoms with van der Waals surface area (Å²) < 4.78 is 10.7. The molecule has 0 spiro atoms. The summed E-state index contributed by atoms with van der Waals surface area (Å²) >= 11 is 0. The first kappa shape index (κ1) is 8.92. The van der Waals surface area contributed by atoms with E-state index in [-0.39, 0.29) is 17.7 Å². The highest BCUT2D eigenvalue weighted by molar-refractivity contribution is 5.66. The highest BCUT2D eigenvalue weighted by Gasteiger charge is 2.62. The molecule has 3 heteroatoms. The van der Waals surface area contributed by atoms with Gasteiger partial charge in [0.15, 0.2) is 0 Å². The van der Waals surface area contributed by atoms with Crippen molar-refractivity contribution in [3.05, 3.63) is 35.4 Å². The predicted octanol–water partition coefficient (Wildman–Crippen LogP) is 1.62. The molecule has 78 valence electrons. The molecule has 0 unspecified atom stereocenters. The third-order valence-corrected chi connectivity index (χ3v) is 3.12. The quantitative estimate of drug-likeness (QED) is 0.542. The van der Waals surface area contributed by atoms with Gasteiger partial charge in [-0.15, -0.1) is 0 Å². The van der Waals surface area contributed by atoms with Crippen LogP contribution in [-0.4, -0.2) is 18.2 Å². The Balaban J connectivity index is 1.79. The summed E-state index contributed by atoms with van der Waals surface area (Å²) in [5, 5.41) is 0. The maximum absolute atomic E-state index is 10.8. The van der Waals surface area contributed by atoms with Gasteiger partial charge in [0.2, 0.25) is 0 Å². The summed E-state index contributed by atoms with van der Waals surface area (Å²) in [6.45, 7) is 1.80. The minimum Gasteiger partial charge on any atom is -0.463 e. The van der Waals surface area contributed by atoms with Crippen LogP contribution in [0.15, 0.2) is 24.3 Å². The molecule has 1 heterocycles. The first-order valence-corrected chi connectivity index (χ1v) is 5.10. The van der Waals surface area contributed by atoms with Crippen molar-refractivity contribution in [3.8, 4) is 0 Å². The average Bonchev–Trinajstić information content (AvgIpc) is 2.84. The van der Waals surface area contributed by atoms with Gasteiger partial charge in [0.25, 0.3) is 0 Å². The standard InChI is InChI=1S/C12H12O3/c1-8(13)14-7-12-6-9-4-2-3-5-10(9)11(12)15-12/h2-5,11H,6-7H2,1H3/t11-,12-/m1/s1. The molecule has 1 aliphatic carbocycles. The van der Waals surface area contributed by atoms with Crippen LogP contribution in [0.2, 0.25) is 0 Å². The molecule has 0 N–H and O–H groups in total. The number of fused-ring (bicyclic) bond motifs is 3. The largest absolute Gasteiger partial charge is 0.463 e. The minimum atomic E-state index is -0.241. The highest BCUT2D eigenvalue weighted by atomic mass is 16.6. The van der Waals surface area contributed by atoms with E-state index in [0.29, 0.717) is 6.61 Å². The number of carbonyl (C=O) groups is 1. The summed E-state index contributed by atoms with van der Waals surface area (Å²) in [6.07, 6.45) is 1.01. The Morgan fingerprint density at radius 3 is 3.13 bits per heavy atom. The Kier molecular flexibility index (Phi) is 1.68. The lowest BCUT2D eigenvalue weighted by Crippen LogP contribution is -2.21. The fourth-order valence-corrected chi connectivity index (χ4v) is 2.34. The molecule has 2 atom stereocenters. The summed E-state index contributed by atoms with van der Waals surface area (Å²) in [4.78, 5) is 10.8. The van der Waals surface area contributed by atoms with Gasteiger partial charge in [0, 0.05) is 13.3 Å². The molecule has 1 aromatic rings. The second kappa shape index (κ2) is 2.83. The molecule has 1 saturated heterocycles. The van der Waals surface area contributed by atoms with Gasteiger partial charge in [-0.1, -0.05) is 24.3 Å². The lowest BCUT2D eigenvalue weighted by Gasteiger charge is -2.08. The van der Waals surface area contributed by atoms with Crippen molar-refractivity contribution >= 4 is 5.97 Å². The normalized spacial score (nSPS) is 30.6. The van der Waals surface area contributed by atoms with Crippen LogP contribution in [0, 0.1) is 0 Å². The Morgan fingerprint density at radius 2 is 2.40 bits per heavy atom. The first-order valence-electron chi connectivity index (χ1n) is 5.10. The van der Waals surface area contributed by atoms with Crippen LogP contribution < -0.4 is 0 Å². The van der Waals surface area contributed by atoms with Crippen LogP contribution in [0.5, 0.6) is 0 Å². The van der Waals surface area contributed by atoms with Crippen molar-refractivity contribution in [2.24, 2.45) is 0 Å². The zero-order chi connectivity index (χ0) is 10.5. The predicted molar refractivity (Wildman–Crippen MR) is 53.3 cm³/mol. The van der Waals surface area contributed by atoms with Crippen molar-refractivity contribution in [1.29, 1.82) is 0 Å². The van der Waals surface area contributed by atoms with Crippen LogP contribution in [0.3, 0.4) is 0 Å². The Labute approximate surface area is 88.0 Å². The number of epoxide rings is 1. The van der Waals surface area contributed by atoms with Crippen LogP contribution in [0.25, 0.3) is 0 Å². The van der Waals surface area contributed by atoms with E-state index in [9.17, 15) is 4.79 Å². The third-order valence-electron chi connectivity index (χ3n) is 3.12. The summed E-state index contributed by atoms with van der Waals surface area (Å²) in [7, 11) is 0. The molecule has 0 saturated carbocycles. The third kappa shape index (κ3) is 1.27. The van der Waals surface area contributed by atoms with E-state index in [1.54, 1.807) is 0 Å². The molecule has 15 heavy (non-hydrogen) atoms. The number of carbonyl (C=O) groups excluding carboxylic acids is 1. The molecule has 0 aromatic heterocycles. The lowest BCUT2D eigenvalue weighted by atomic mass is 10.1. The van der Waals surface area contributed by atoms with Gasteiger partial charge in [-0.05, 0) is 11.1 Å². The fourth-order valence-electron chi connectivity index (χ4n) is 2.34. The molecule has 1 aromatic carbocycles. The number of benzene rings is 1. The SMILES string of the molecule is CC(=O)OC[C@]12Cc3ccccc3[C@H]1O2. The van der Waals surface area contributed by atoms with Crippen LogP contribution in [-0.2, 0) is 20.7 Å². The zero-order valence-electron chi connectivity index (χ0n) is 8.53. The first-order chi connectivity index (χ1) is 7.21. The summed E-state index contributed by atoms with van der Waals surface area (Å²) in [5.41, 5.74) is 2.33. The second-order valence-corrected chi connectivity index (χ2v) is 4.22. The van der Waals surface area contributed by atoms with Crippen molar-refractivity contribution in [3.63, 3.8) is 0 Å². The van der Waals surface area contributed by atoms with Gasteiger partial charge in [-0.25, -0.2) is 0 Å². The summed E-state index contributed by atoms with van der Waals surface area (Å²) in [6, 6.07) is 8.24. The maximum Gasteiger partial charge on any atom is 0.302 e. The molecule has 0 bridgehead atoms. The monoisotopic (exact) mass is 204 g/mol. The van der Waals surface area contributed by atoms with Crippen LogP contribution in [0.4, 0.5) is 0 Å². The van der Waals surface area contributed by atoms with Gasteiger partial charge in [-0.2, -0.15) is 0 Å². The van der Waals surface area contributed by atoms with Gasteiger partial charge in [0.05, 0.1) is 0 Å². The van der Waals surface area contributed by atoms with E-state index in [1.807, 2.05) is 12.1 Å².